The second kappa shape index (κ2) is 5.83. The van der Waals surface area contributed by atoms with Gasteiger partial charge in [0.1, 0.15) is 8.72 Å². The van der Waals surface area contributed by atoms with Crippen molar-refractivity contribution in [3.05, 3.63) is 65.1 Å². The maximum atomic E-state index is 13.9. The van der Waals surface area contributed by atoms with Crippen molar-refractivity contribution in [3.8, 4) is 0 Å². The molecule has 104 valence electrons. The third-order valence-electron chi connectivity index (χ3n) is 2.54. The van der Waals surface area contributed by atoms with Gasteiger partial charge in [0.15, 0.2) is 0 Å². The largest absolute Gasteiger partial charge is 0.305 e. The Labute approximate surface area is 130 Å². The van der Waals surface area contributed by atoms with Crippen molar-refractivity contribution in [2.45, 2.75) is 6.54 Å². The Morgan fingerprint density at radius 2 is 2.20 bits per heavy atom. The minimum atomic E-state index is -0.964. The zero-order chi connectivity index (χ0) is 14.9. The maximum absolute atomic E-state index is 13.9. The summed E-state index contributed by atoms with van der Waals surface area (Å²) in [7, 11) is 0. The number of hydrogen-bond donors (Lipinski definition) is 0. The highest BCUT2D eigenvalue weighted by molar-refractivity contribution is 14.1. The fourth-order valence-electron chi connectivity index (χ4n) is 1.57. The molecule has 6 nitrogen and oxygen atoms in total. The molecule has 0 radical (unpaired) electrons. The quantitative estimate of drug-likeness (QED) is 0.338. The van der Waals surface area contributed by atoms with E-state index in [2.05, 4.69) is 4.98 Å². The van der Waals surface area contributed by atoms with Crippen molar-refractivity contribution in [1.29, 1.82) is 0 Å². The van der Waals surface area contributed by atoms with Gasteiger partial charge in [-0.3, -0.25) is 19.5 Å². The van der Waals surface area contributed by atoms with Crippen LogP contribution in [0.4, 0.5) is 10.1 Å². The molecule has 0 aliphatic heterocycles. The summed E-state index contributed by atoms with van der Waals surface area (Å²) in [6, 6.07) is 3.79. The summed E-state index contributed by atoms with van der Waals surface area (Å²) in [5, 5.41) is 10.7. The van der Waals surface area contributed by atoms with Crippen LogP contribution in [0.1, 0.15) is 5.56 Å². The van der Waals surface area contributed by atoms with Gasteiger partial charge in [-0.15, -0.1) is 0 Å². The van der Waals surface area contributed by atoms with Crippen molar-refractivity contribution in [1.82, 2.24) is 9.55 Å². The van der Waals surface area contributed by atoms with Crippen LogP contribution in [0.5, 0.6) is 0 Å². The van der Waals surface area contributed by atoms with E-state index >= 15 is 0 Å². The minimum absolute atomic E-state index is 0.0289. The van der Waals surface area contributed by atoms with Gasteiger partial charge in [-0.2, -0.15) is 4.39 Å². The first-order valence-corrected chi connectivity index (χ1v) is 6.69. The van der Waals surface area contributed by atoms with Crippen LogP contribution in [-0.4, -0.2) is 14.5 Å². The van der Waals surface area contributed by atoms with Crippen LogP contribution in [0, 0.1) is 19.5 Å². The third-order valence-corrected chi connectivity index (χ3v) is 4.11. The monoisotopic (exact) mass is 409 g/mol. The number of aromatic nitrogens is 2. The average Bonchev–Trinajstić information content (AvgIpc) is 2.41. The number of nitro benzene ring substituents is 1. The van der Waals surface area contributed by atoms with Gasteiger partial charge in [-0.05, 0) is 22.6 Å². The fourth-order valence-corrected chi connectivity index (χ4v) is 2.14. The van der Waals surface area contributed by atoms with Crippen LogP contribution in [-0.2, 0) is 6.54 Å². The number of halogens is 3. The Balaban J connectivity index is 2.46. The Bertz CT molecular complexity index is 750. The molecule has 0 aliphatic rings. The van der Waals surface area contributed by atoms with Gasteiger partial charge in [0, 0.05) is 11.6 Å². The Morgan fingerprint density at radius 1 is 1.50 bits per heavy atom. The lowest BCUT2D eigenvalue weighted by molar-refractivity contribution is -0.387. The molecular formula is C11H6ClFIN3O3. The van der Waals surface area contributed by atoms with Crippen LogP contribution < -0.4 is 5.56 Å². The summed E-state index contributed by atoms with van der Waals surface area (Å²) in [4.78, 5) is 25.5. The molecule has 1 heterocycles. The van der Waals surface area contributed by atoms with E-state index in [0.29, 0.717) is 0 Å². The van der Waals surface area contributed by atoms with E-state index in [1.54, 1.807) is 22.6 Å². The van der Waals surface area contributed by atoms with Crippen molar-refractivity contribution >= 4 is 39.9 Å². The predicted molar refractivity (Wildman–Crippen MR) is 78.4 cm³/mol. The molecule has 0 spiro atoms. The second-order valence-electron chi connectivity index (χ2n) is 3.79. The van der Waals surface area contributed by atoms with Crippen molar-refractivity contribution in [2.24, 2.45) is 0 Å². The van der Waals surface area contributed by atoms with E-state index in [4.69, 9.17) is 11.6 Å². The fraction of sp³-hybridized carbons (Fsp3) is 0.0909. The number of nitro groups is 1. The number of nitrogens with zero attached hydrogens (tertiary/aromatic N) is 3. The lowest BCUT2D eigenvalue weighted by Gasteiger charge is -2.07. The van der Waals surface area contributed by atoms with Crippen molar-refractivity contribution in [3.63, 3.8) is 0 Å². The van der Waals surface area contributed by atoms with Crippen LogP contribution in [0.3, 0.4) is 0 Å². The molecule has 0 amide bonds. The van der Waals surface area contributed by atoms with Gasteiger partial charge in [0.2, 0.25) is 5.82 Å². The highest BCUT2D eigenvalue weighted by atomic mass is 127. The van der Waals surface area contributed by atoms with E-state index in [0.717, 1.165) is 10.6 Å². The zero-order valence-electron chi connectivity index (χ0n) is 9.72. The number of benzene rings is 1. The van der Waals surface area contributed by atoms with Gasteiger partial charge >= 0.3 is 5.69 Å². The van der Waals surface area contributed by atoms with Crippen LogP contribution >= 0.6 is 34.2 Å². The smallest absolute Gasteiger partial charge is 0.294 e. The van der Waals surface area contributed by atoms with E-state index in [1.807, 2.05) is 0 Å². The molecule has 0 fully saturated rings. The van der Waals surface area contributed by atoms with Crippen molar-refractivity contribution in [2.75, 3.05) is 0 Å². The third kappa shape index (κ3) is 2.80. The molecule has 1 aromatic carbocycles. The summed E-state index contributed by atoms with van der Waals surface area (Å²) in [5.41, 5.74) is -1.04. The summed E-state index contributed by atoms with van der Waals surface area (Å²) in [6.45, 7) is -0.160. The summed E-state index contributed by atoms with van der Waals surface area (Å²) in [6.07, 6.45) is 1.17. The first-order chi connectivity index (χ1) is 9.41. The van der Waals surface area contributed by atoms with Crippen molar-refractivity contribution < 1.29 is 9.31 Å². The first kappa shape index (κ1) is 14.9. The molecule has 0 saturated heterocycles. The zero-order valence-corrected chi connectivity index (χ0v) is 12.6. The second-order valence-corrected chi connectivity index (χ2v) is 5.23. The lowest BCUT2D eigenvalue weighted by Crippen LogP contribution is -2.24. The Hall–Kier alpha value is -1.55. The molecular weight excluding hydrogens is 403 g/mol. The molecule has 0 atom stereocenters. The predicted octanol–water partition coefficient (Wildman–Crippen LogP) is 2.60. The van der Waals surface area contributed by atoms with Gasteiger partial charge in [0.05, 0.1) is 17.8 Å². The summed E-state index contributed by atoms with van der Waals surface area (Å²) in [5.74, 6) is -0.964. The van der Waals surface area contributed by atoms with Gasteiger partial charge in [0.25, 0.3) is 5.56 Å². The van der Waals surface area contributed by atoms with Crippen LogP contribution in [0.15, 0.2) is 29.3 Å². The molecule has 0 unspecified atom stereocenters. The van der Waals surface area contributed by atoms with E-state index in [9.17, 15) is 19.3 Å². The lowest BCUT2D eigenvalue weighted by atomic mass is 10.2. The Morgan fingerprint density at radius 3 is 2.85 bits per heavy atom. The van der Waals surface area contributed by atoms with E-state index in [-0.39, 0.29) is 20.8 Å². The van der Waals surface area contributed by atoms with Gasteiger partial charge in [-0.1, -0.05) is 23.7 Å². The molecule has 20 heavy (non-hydrogen) atoms. The van der Waals surface area contributed by atoms with E-state index < -0.39 is 22.0 Å². The maximum Gasteiger partial charge on any atom is 0.305 e. The molecule has 2 aromatic rings. The highest BCUT2D eigenvalue weighted by Crippen LogP contribution is 2.20. The molecule has 2 rings (SSSR count). The van der Waals surface area contributed by atoms with Crippen LogP contribution in [0.2, 0.25) is 5.15 Å². The SMILES string of the molecule is O=c1c(I)c(Cl)ncn1Cc1cccc([N+](=O)[O-])c1F. The summed E-state index contributed by atoms with van der Waals surface area (Å²) < 4.78 is 15.3. The van der Waals surface area contributed by atoms with E-state index in [1.165, 1.54) is 18.5 Å². The Kier molecular flexibility index (Phi) is 4.33. The molecule has 0 aliphatic carbocycles. The van der Waals surface area contributed by atoms with Gasteiger partial charge < -0.3 is 0 Å². The molecule has 0 N–H and O–H groups in total. The highest BCUT2D eigenvalue weighted by Gasteiger charge is 2.18. The molecule has 0 saturated carbocycles. The minimum Gasteiger partial charge on any atom is -0.294 e. The topological polar surface area (TPSA) is 78.0 Å². The number of hydrogen-bond acceptors (Lipinski definition) is 4. The molecule has 9 heteroatoms. The molecule has 1 aromatic heterocycles. The molecule has 0 bridgehead atoms. The standard InChI is InChI=1S/C11H6ClFIN3O3/c12-10-9(14)11(18)16(5-15-10)4-6-2-1-3-7(8(6)13)17(19)20/h1-3,5H,4H2. The summed E-state index contributed by atoms with van der Waals surface area (Å²) >= 11 is 7.43. The van der Waals surface area contributed by atoms with Gasteiger partial charge in [-0.25, -0.2) is 4.98 Å². The number of rotatable bonds is 3. The first-order valence-electron chi connectivity index (χ1n) is 5.24. The normalized spacial score (nSPS) is 10.6. The average molecular weight is 410 g/mol. The van der Waals surface area contributed by atoms with Crippen LogP contribution in [0.25, 0.3) is 0 Å².